The maximum atomic E-state index is 13.7. The van der Waals surface area contributed by atoms with Crippen LogP contribution < -0.4 is 0 Å². The van der Waals surface area contributed by atoms with Crippen LogP contribution in [0.3, 0.4) is 0 Å². The fraction of sp³-hybridized carbons (Fsp3) is 0.481. The lowest BCUT2D eigenvalue weighted by Gasteiger charge is -2.37. The monoisotopic (exact) mass is 446 g/mol. The summed E-state index contributed by atoms with van der Waals surface area (Å²) in [4.78, 5) is 31.1. The molecule has 2 amide bonds. The van der Waals surface area contributed by atoms with Gasteiger partial charge in [0.1, 0.15) is 0 Å². The predicted molar refractivity (Wildman–Crippen MR) is 123 cm³/mol. The van der Waals surface area contributed by atoms with E-state index in [0.29, 0.717) is 56.8 Å². The first-order valence-electron chi connectivity index (χ1n) is 12.0. The highest BCUT2D eigenvalue weighted by atomic mass is 16.7. The van der Waals surface area contributed by atoms with E-state index in [0.717, 1.165) is 12.0 Å². The SMILES string of the molecule is CC1(C)C[C@@H]2c3cccc(C(=O)N4CCC5(CC4)OCCO5)c3C(=O)N2Cc2ccccc21. The zero-order chi connectivity index (χ0) is 22.8. The summed E-state index contributed by atoms with van der Waals surface area (Å²) in [5.41, 5.74) is 4.54. The van der Waals surface area contributed by atoms with E-state index in [-0.39, 0.29) is 23.3 Å². The summed E-state index contributed by atoms with van der Waals surface area (Å²) >= 11 is 0. The van der Waals surface area contributed by atoms with Crippen molar-refractivity contribution in [3.05, 3.63) is 70.3 Å². The Kier molecular flexibility index (Phi) is 4.68. The van der Waals surface area contributed by atoms with E-state index < -0.39 is 5.79 Å². The highest BCUT2D eigenvalue weighted by molar-refractivity contribution is 6.10. The van der Waals surface area contributed by atoms with Crippen LogP contribution in [0.5, 0.6) is 0 Å². The van der Waals surface area contributed by atoms with Crippen molar-refractivity contribution in [2.24, 2.45) is 0 Å². The van der Waals surface area contributed by atoms with Crippen molar-refractivity contribution in [3.63, 3.8) is 0 Å². The van der Waals surface area contributed by atoms with E-state index in [9.17, 15) is 9.59 Å². The molecule has 2 fully saturated rings. The number of hydrogen-bond donors (Lipinski definition) is 0. The average Bonchev–Trinajstić information content (AvgIpc) is 3.34. The third-order valence-electron chi connectivity index (χ3n) is 7.95. The normalized spacial score (nSPS) is 24.9. The zero-order valence-electron chi connectivity index (χ0n) is 19.3. The van der Waals surface area contributed by atoms with Crippen LogP contribution in [0.2, 0.25) is 0 Å². The summed E-state index contributed by atoms with van der Waals surface area (Å²) in [6.07, 6.45) is 2.17. The molecule has 1 atom stereocenters. The van der Waals surface area contributed by atoms with Crippen LogP contribution in [-0.4, -0.2) is 53.7 Å². The Morgan fingerprint density at radius 3 is 2.48 bits per heavy atom. The molecule has 2 saturated heterocycles. The molecule has 6 heteroatoms. The van der Waals surface area contributed by atoms with Crippen LogP contribution in [-0.2, 0) is 21.4 Å². The van der Waals surface area contributed by atoms with Crippen LogP contribution in [0, 0.1) is 0 Å². The summed E-state index contributed by atoms with van der Waals surface area (Å²) in [6, 6.07) is 14.2. The first-order chi connectivity index (χ1) is 15.9. The van der Waals surface area contributed by atoms with Crippen molar-refractivity contribution < 1.29 is 19.1 Å². The van der Waals surface area contributed by atoms with E-state index in [1.807, 2.05) is 34.1 Å². The van der Waals surface area contributed by atoms with E-state index in [2.05, 4.69) is 32.0 Å². The lowest BCUT2D eigenvalue weighted by Crippen LogP contribution is -2.47. The van der Waals surface area contributed by atoms with Gasteiger partial charge in [0.15, 0.2) is 5.79 Å². The molecule has 33 heavy (non-hydrogen) atoms. The van der Waals surface area contributed by atoms with Crippen molar-refractivity contribution in [1.82, 2.24) is 9.80 Å². The van der Waals surface area contributed by atoms with Crippen molar-refractivity contribution in [3.8, 4) is 0 Å². The number of ether oxygens (including phenoxy) is 2. The fourth-order valence-electron chi connectivity index (χ4n) is 6.22. The first kappa shape index (κ1) is 20.9. The molecule has 0 radical (unpaired) electrons. The van der Waals surface area contributed by atoms with Crippen LogP contribution in [0.15, 0.2) is 42.5 Å². The molecule has 2 aromatic carbocycles. The number of carbonyl (C=O) groups excluding carboxylic acids is 2. The lowest BCUT2D eigenvalue weighted by molar-refractivity contribution is -0.181. The minimum Gasteiger partial charge on any atom is -0.347 e. The second-order valence-corrected chi connectivity index (χ2v) is 10.4. The number of piperidine rings is 1. The van der Waals surface area contributed by atoms with Crippen molar-refractivity contribution in [2.75, 3.05) is 26.3 Å². The molecule has 4 aliphatic rings. The Morgan fingerprint density at radius 2 is 1.73 bits per heavy atom. The van der Waals surface area contributed by atoms with Gasteiger partial charge in [0.2, 0.25) is 0 Å². The van der Waals surface area contributed by atoms with Gasteiger partial charge in [-0.1, -0.05) is 50.2 Å². The molecule has 6 rings (SSSR count). The number of nitrogens with zero attached hydrogens (tertiary/aromatic N) is 2. The molecular formula is C27H30N2O4. The molecule has 0 saturated carbocycles. The quantitative estimate of drug-likeness (QED) is 0.663. The van der Waals surface area contributed by atoms with Gasteiger partial charge in [-0.3, -0.25) is 9.59 Å². The van der Waals surface area contributed by atoms with E-state index >= 15 is 0 Å². The zero-order valence-corrected chi connectivity index (χ0v) is 19.3. The summed E-state index contributed by atoms with van der Waals surface area (Å²) in [5, 5.41) is 0. The van der Waals surface area contributed by atoms with Crippen molar-refractivity contribution in [1.29, 1.82) is 0 Å². The van der Waals surface area contributed by atoms with E-state index in [1.165, 1.54) is 11.1 Å². The number of hydrogen-bond acceptors (Lipinski definition) is 4. The Bertz CT molecular complexity index is 1120. The maximum absolute atomic E-state index is 13.7. The molecule has 0 bridgehead atoms. The molecule has 6 nitrogen and oxygen atoms in total. The number of amides is 2. The van der Waals surface area contributed by atoms with Gasteiger partial charge in [-0.2, -0.15) is 0 Å². The van der Waals surface area contributed by atoms with Crippen LogP contribution in [0.1, 0.15) is 76.6 Å². The van der Waals surface area contributed by atoms with Gasteiger partial charge in [-0.25, -0.2) is 0 Å². The standard InChI is InChI=1S/C27H30N2O4/c1-26(2)16-22-19-7-5-8-20(24(30)28-12-10-27(11-13-28)32-14-15-33-27)23(19)25(31)29(22)17-18-6-3-4-9-21(18)26/h3-9,22H,10-17H2,1-2H3/t22-/m1/s1. The molecule has 4 heterocycles. The van der Waals surface area contributed by atoms with Crippen molar-refractivity contribution in [2.45, 2.75) is 56.9 Å². The van der Waals surface area contributed by atoms with Gasteiger partial charge in [-0.15, -0.1) is 0 Å². The molecule has 0 aliphatic carbocycles. The average molecular weight is 447 g/mol. The minimum atomic E-state index is -0.525. The Labute approximate surface area is 194 Å². The molecule has 1 spiro atoms. The fourth-order valence-corrected chi connectivity index (χ4v) is 6.22. The second-order valence-electron chi connectivity index (χ2n) is 10.4. The first-order valence-corrected chi connectivity index (χ1v) is 12.0. The Balaban J connectivity index is 1.32. The van der Waals surface area contributed by atoms with Gasteiger partial charge in [0.05, 0.1) is 30.4 Å². The molecular weight excluding hydrogens is 416 g/mol. The highest BCUT2D eigenvalue weighted by Crippen LogP contribution is 2.47. The van der Waals surface area contributed by atoms with Gasteiger partial charge in [-0.05, 0) is 34.6 Å². The third-order valence-corrected chi connectivity index (χ3v) is 7.95. The van der Waals surface area contributed by atoms with E-state index in [1.54, 1.807) is 0 Å². The number of rotatable bonds is 1. The van der Waals surface area contributed by atoms with Crippen LogP contribution in [0.4, 0.5) is 0 Å². The van der Waals surface area contributed by atoms with Gasteiger partial charge in [0.25, 0.3) is 11.8 Å². The van der Waals surface area contributed by atoms with Gasteiger partial charge >= 0.3 is 0 Å². The predicted octanol–water partition coefficient (Wildman–Crippen LogP) is 4.04. The second kappa shape index (κ2) is 7.40. The molecule has 172 valence electrons. The largest absolute Gasteiger partial charge is 0.347 e. The molecule has 2 aromatic rings. The number of likely N-dealkylation sites (tertiary alicyclic amines) is 1. The lowest BCUT2D eigenvalue weighted by atomic mass is 9.77. The molecule has 0 unspecified atom stereocenters. The summed E-state index contributed by atoms with van der Waals surface area (Å²) in [7, 11) is 0. The van der Waals surface area contributed by atoms with Crippen molar-refractivity contribution >= 4 is 11.8 Å². The van der Waals surface area contributed by atoms with Gasteiger partial charge < -0.3 is 19.3 Å². The minimum absolute atomic E-state index is 0.0208. The summed E-state index contributed by atoms with van der Waals surface area (Å²) < 4.78 is 11.6. The number of fused-ring (bicyclic) bond motifs is 4. The molecule has 0 N–H and O–H groups in total. The van der Waals surface area contributed by atoms with E-state index in [4.69, 9.17) is 9.47 Å². The third kappa shape index (κ3) is 3.22. The summed E-state index contributed by atoms with van der Waals surface area (Å²) in [6.45, 7) is 7.46. The topological polar surface area (TPSA) is 59.1 Å². The Hall–Kier alpha value is -2.70. The highest BCUT2D eigenvalue weighted by Gasteiger charge is 2.46. The van der Waals surface area contributed by atoms with Crippen LogP contribution in [0.25, 0.3) is 0 Å². The van der Waals surface area contributed by atoms with Crippen LogP contribution >= 0.6 is 0 Å². The summed E-state index contributed by atoms with van der Waals surface area (Å²) in [5.74, 6) is -0.615. The number of benzene rings is 2. The maximum Gasteiger partial charge on any atom is 0.255 e. The smallest absolute Gasteiger partial charge is 0.255 e. The molecule has 0 aromatic heterocycles. The molecule has 4 aliphatic heterocycles. The Morgan fingerprint density at radius 1 is 1.00 bits per heavy atom. The number of carbonyl (C=O) groups is 2. The van der Waals surface area contributed by atoms with Gasteiger partial charge in [0, 0.05) is 32.5 Å².